The molecule has 0 aromatic heterocycles. The average molecular weight is 454 g/mol. The van der Waals surface area contributed by atoms with Gasteiger partial charge in [0, 0.05) is 45.8 Å². The number of nitrogens with zero attached hydrogens (tertiary/aromatic N) is 3. The highest BCUT2D eigenvalue weighted by atomic mass is 32.2. The summed E-state index contributed by atoms with van der Waals surface area (Å²) in [6.45, 7) is 4.86. The Bertz CT molecular complexity index is 875. The maximum absolute atomic E-state index is 14.5. The number of sulfonamides is 1. The monoisotopic (exact) mass is 453 g/mol. The van der Waals surface area contributed by atoms with Crippen LogP contribution in [0.15, 0.2) is 23.1 Å². The average Bonchev–Trinajstić information content (AvgIpc) is 2.80. The number of hydrogen-bond donors (Lipinski definition) is 0. The van der Waals surface area contributed by atoms with Gasteiger partial charge in [-0.3, -0.25) is 9.69 Å². The van der Waals surface area contributed by atoms with Crippen molar-refractivity contribution in [3.8, 4) is 0 Å². The maximum Gasteiger partial charge on any atom is 0.256 e. The van der Waals surface area contributed by atoms with Gasteiger partial charge in [0.05, 0.1) is 23.7 Å². The zero-order valence-corrected chi connectivity index (χ0v) is 18.8. The molecule has 3 aliphatic rings. The summed E-state index contributed by atoms with van der Waals surface area (Å²) >= 11 is 0. The maximum atomic E-state index is 14.5. The highest BCUT2D eigenvalue weighted by molar-refractivity contribution is 7.89. The predicted octanol–water partition coefficient (Wildman–Crippen LogP) is 2.18. The lowest BCUT2D eigenvalue weighted by atomic mass is 9.89. The van der Waals surface area contributed by atoms with Crippen LogP contribution in [0.25, 0.3) is 0 Å². The van der Waals surface area contributed by atoms with Gasteiger partial charge in [0.15, 0.2) is 0 Å². The van der Waals surface area contributed by atoms with Crippen molar-refractivity contribution in [1.29, 1.82) is 0 Å². The summed E-state index contributed by atoms with van der Waals surface area (Å²) in [5, 5.41) is 0. The highest BCUT2D eigenvalue weighted by Crippen LogP contribution is 2.25. The first-order valence-corrected chi connectivity index (χ1v) is 12.8. The van der Waals surface area contributed by atoms with Gasteiger partial charge in [0.25, 0.3) is 5.91 Å². The van der Waals surface area contributed by atoms with Crippen LogP contribution in [0.2, 0.25) is 0 Å². The topological polar surface area (TPSA) is 70.2 Å². The van der Waals surface area contributed by atoms with E-state index in [0.29, 0.717) is 26.3 Å². The van der Waals surface area contributed by atoms with Gasteiger partial charge < -0.3 is 9.64 Å². The van der Waals surface area contributed by atoms with Crippen LogP contribution in [0.3, 0.4) is 0 Å². The number of carbonyl (C=O) groups excluding carboxylic acids is 1. The number of rotatable bonds is 5. The number of carbonyl (C=O) groups is 1. The Morgan fingerprint density at radius 1 is 1.00 bits per heavy atom. The van der Waals surface area contributed by atoms with E-state index < -0.39 is 21.7 Å². The Balaban J connectivity index is 1.41. The van der Waals surface area contributed by atoms with Crippen molar-refractivity contribution in [1.82, 2.24) is 14.1 Å². The minimum Gasteiger partial charge on any atom is -0.379 e. The number of piperazine rings is 1. The van der Waals surface area contributed by atoms with E-state index in [2.05, 4.69) is 4.90 Å². The van der Waals surface area contributed by atoms with Crippen molar-refractivity contribution in [3.63, 3.8) is 0 Å². The van der Waals surface area contributed by atoms with E-state index in [-0.39, 0.29) is 23.5 Å². The van der Waals surface area contributed by atoms with Gasteiger partial charge in [-0.1, -0.05) is 19.3 Å². The van der Waals surface area contributed by atoms with E-state index in [9.17, 15) is 17.6 Å². The zero-order valence-electron chi connectivity index (χ0n) is 18.0. The standard InChI is InChI=1S/C22H32FN3O4S/c23-21-7-6-19(31(28,29)26-12-14-30-15-13-26)16-20(21)22(27)25-10-8-24(9-11-25)17-18-4-2-1-3-5-18/h6-7,16,18H,1-5,8-15,17H2. The van der Waals surface area contributed by atoms with Gasteiger partial charge >= 0.3 is 0 Å². The highest BCUT2D eigenvalue weighted by Gasteiger charge is 2.30. The summed E-state index contributed by atoms with van der Waals surface area (Å²) in [7, 11) is -3.78. The van der Waals surface area contributed by atoms with Gasteiger partial charge in [-0.2, -0.15) is 4.31 Å². The number of morpholine rings is 1. The molecule has 1 saturated carbocycles. The normalized spacial score (nSPS) is 22.5. The molecule has 31 heavy (non-hydrogen) atoms. The molecule has 0 atom stereocenters. The molecule has 0 bridgehead atoms. The Morgan fingerprint density at radius 2 is 1.68 bits per heavy atom. The van der Waals surface area contributed by atoms with Crippen LogP contribution >= 0.6 is 0 Å². The fraction of sp³-hybridized carbons (Fsp3) is 0.682. The van der Waals surface area contributed by atoms with Crippen LogP contribution in [-0.4, -0.2) is 87.5 Å². The second-order valence-corrected chi connectivity index (χ2v) is 10.7. The lowest BCUT2D eigenvalue weighted by molar-refractivity contribution is 0.0601. The van der Waals surface area contributed by atoms with Crippen LogP contribution < -0.4 is 0 Å². The van der Waals surface area contributed by atoms with E-state index in [0.717, 1.165) is 31.6 Å². The Kier molecular flexibility index (Phi) is 7.26. The molecule has 3 fully saturated rings. The number of hydrogen-bond acceptors (Lipinski definition) is 5. The van der Waals surface area contributed by atoms with Crippen LogP contribution in [0.4, 0.5) is 4.39 Å². The van der Waals surface area contributed by atoms with Crippen molar-refractivity contribution >= 4 is 15.9 Å². The molecule has 0 unspecified atom stereocenters. The number of halogens is 1. The van der Waals surface area contributed by atoms with Gasteiger partial charge in [-0.15, -0.1) is 0 Å². The van der Waals surface area contributed by atoms with E-state index in [4.69, 9.17) is 4.74 Å². The van der Waals surface area contributed by atoms with Gasteiger partial charge in [-0.25, -0.2) is 12.8 Å². The molecular weight excluding hydrogens is 421 g/mol. The van der Waals surface area contributed by atoms with E-state index in [1.165, 1.54) is 48.5 Å². The largest absolute Gasteiger partial charge is 0.379 e. The summed E-state index contributed by atoms with van der Waals surface area (Å²) in [6.07, 6.45) is 6.53. The summed E-state index contributed by atoms with van der Waals surface area (Å²) in [5.74, 6) is -0.375. The van der Waals surface area contributed by atoms with Gasteiger partial charge in [-0.05, 0) is 37.0 Å². The Labute approximate surface area is 184 Å². The molecule has 0 N–H and O–H groups in total. The molecule has 2 aliphatic heterocycles. The molecule has 172 valence electrons. The Morgan fingerprint density at radius 3 is 2.35 bits per heavy atom. The summed E-state index contributed by atoms with van der Waals surface area (Å²) in [6, 6.07) is 3.51. The molecular formula is C22H32FN3O4S. The molecule has 7 nitrogen and oxygen atoms in total. The SMILES string of the molecule is O=C(c1cc(S(=O)(=O)N2CCOCC2)ccc1F)N1CCN(CC2CCCCC2)CC1. The molecule has 4 rings (SSSR count). The van der Waals surface area contributed by atoms with Crippen molar-refractivity contribution in [2.24, 2.45) is 5.92 Å². The zero-order chi connectivity index (χ0) is 21.8. The second-order valence-electron chi connectivity index (χ2n) is 8.75. The van der Waals surface area contributed by atoms with Crippen LogP contribution in [-0.2, 0) is 14.8 Å². The molecule has 9 heteroatoms. The molecule has 0 spiro atoms. The summed E-state index contributed by atoms with van der Waals surface area (Å²) in [4.78, 5) is 17.0. The predicted molar refractivity (Wildman–Crippen MR) is 115 cm³/mol. The smallest absolute Gasteiger partial charge is 0.256 e. The van der Waals surface area contributed by atoms with E-state index >= 15 is 0 Å². The molecule has 1 aliphatic carbocycles. The van der Waals surface area contributed by atoms with Crippen molar-refractivity contribution in [2.45, 2.75) is 37.0 Å². The van der Waals surface area contributed by atoms with Crippen LogP contribution in [0.1, 0.15) is 42.5 Å². The summed E-state index contributed by atoms with van der Waals surface area (Å²) in [5.41, 5.74) is -0.171. The molecule has 0 radical (unpaired) electrons. The van der Waals surface area contributed by atoms with Gasteiger partial charge in [0.2, 0.25) is 10.0 Å². The quantitative estimate of drug-likeness (QED) is 0.684. The Hall–Kier alpha value is -1.55. The van der Waals surface area contributed by atoms with Crippen molar-refractivity contribution in [3.05, 3.63) is 29.6 Å². The fourth-order valence-corrected chi connectivity index (χ4v) is 6.24. The molecule has 1 aromatic carbocycles. The minimum absolute atomic E-state index is 0.0462. The first kappa shape index (κ1) is 22.6. The molecule has 1 amide bonds. The number of ether oxygens (including phenoxy) is 1. The van der Waals surface area contributed by atoms with Crippen LogP contribution in [0, 0.1) is 11.7 Å². The third kappa shape index (κ3) is 5.27. The fourth-order valence-electron chi connectivity index (χ4n) is 4.80. The third-order valence-corrected chi connectivity index (χ3v) is 8.57. The van der Waals surface area contributed by atoms with E-state index in [1.54, 1.807) is 4.90 Å². The lowest BCUT2D eigenvalue weighted by Crippen LogP contribution is -2.50. The summed E-state index contributed by atoms with van der Waals surface area (Å²) < 4.78 is 46.8. The lowest BCUT2D eigenvalue weighted by Gasteiger charge is -2.37. The molecule has 1 aromatic rings. The molecule has 2 saturated heterocycles. The van der Waals surface area contributed by atoms with E-state index in [1.807, 2.05) is 0 Å². The van der Waals surface area contributed by atoms with Crippen molar-refractivity contribution < 1.29 is 22.3 Å². The first-order valence-electron chi connectivity index (χ1n) is 11.3. The minimum atomic E-state index is -3.78. The molecule has 2 heterocycles. The second kappa shape index (κ2) is 9.94. The number of amides is 1. The third-order valence-electron chi connectivity index (χ3n) is 6.68. The van der Waals surface area contributed by atoms with Crippen molar-refractivity contribution in [2.75, 3.05) is 59.0 Å². The van der Waals surface area contributed by atoms with Crippen LogP contribution in [0.5, 0.6) is 0 Å². The van der Waals surface area contributed by atoms with Gasteiger partial charge in [0.1, 0.15) is 5.82 Å². The number of benzene rings is 1. The first-order chi connectivity index (χ1) is 14.9.